The number of rotatable bonds is 1. The van der Waals surface area contributed by atoms with Gasteiger partial charge in [0.1, 0.15) is 11.0 Å². The van der Waals surface area contributed by atoms with Gasteiger partial charge in [-0.3, -0.25) is 9.55 Å². The van der Waals surface area contributed by atoms with Gasteiger partial charge in [0, 0.05) is 0 Å². The van der Waals surface area contributed by atoms with Gasteiger partial charge in [-0.25, -0.2) is 9.97 Å². The maximum atomic E-state index is 5.86. The van der Waals surface area contributed by atoms with Crippen molar-refractivity contribution >= 4 is 22.6 Å². The maximum absolute atomic E-state index is 5.86. The minimum Gasteiger partial charge on any atom is -0.279 e. The van der Waals surface area contributed by atoms with Crippen LogP contribution >= 0.6 is 11.6 Å². The van der Waals surface area contributed by atoms with Crippen molar-refractivity contribution in [3.63, 3.8) is 0 Å². The second kappa shape index (κ2) is 3.82. The van der Waals surface area contributed by atoms with Crippen LogP contribution in [0.25, 0.3) is 16.9 Å². The van der Waals surface area contributed by atoms with Gasteiger partial charge < -0.3 is 0 Å². The summed E-state index contributed by atoms with van der Waals surface area (Å²) in [4.78, 5) is 12.8. The smallest absolute Gasteiger partial charge is 0.158 e. The molecule has 0 aliphatic heterocycles. The molecular weight excluding hydrogens is 236 g/mol. The van der Waals surface area contributed by atoms with E-state index in [0.29, 0.717) is 11.0 Å². The number of fused-ring (bicyclic) bond motifs is 1. The second-order valence-corrected chi connectivity index (χ2v) is 4.07. The summed E-state index contributed by atoms with van der Waals surface area (Å²) < 4.78 is 1.94. The lowest BCUT2D eigenvalue weighted by molar-refractivity contribution is 0.941. The number of aryl methyl sites for hydroxylation is 1. The fraction of sp³-hybridized carbons (Fsp3) is 0.0833. The predicted octanol–water partition coefficient (Wildman–Crippen LogP) is 2.78. The highest BCUT2D eigenvalue weighted by Gasteiger charge is 2.09. The van der Waals surface area contributed by atoms with E-state index in [1.807, 2.05) is 35.8 Å². The Balaban J connectivity index is 2.33. The molecule has 5 heteroatoms. The van der Waals surface area contributed by atoms with Crippen molar-refractivity contribution < 1.29 is 0 Å². The molecule has 0 unspecified atom stereocenters. The highest BCUT2D eigenvalue weighted by molar-refractivity contribution is 6.29. The summed E-state index contributed by atoms with van der Waals surface area (Å²) in [5, 5.41) is 0.375. The van der Waals surface area contributed by atoms with Crippen LogP contribution in [0.1, 0.15) is 5.82 Å². The van der Waals surface area contributed by atoms with E-state index >= 15 is 0 Å². The van der Waals surface area contributed by atoms with Crippen LogP contribution in [0.2, 0.25) is 5.15 Å². The van der Waals surface area contributed by atoms with E-state index in [0.717, 1.165) is 16.9 Å². The second-order valence-electron chi connectivity index (χ2n) is 3.68. The first-order valence-electron chi connectivity index (χ1n) is 5.18. The fourth-order valence-electron chi connectivity index (χ4n) is 1.88. The van der Waals surface area contributed by atoms with E-state index in [2.05, 4.69) is 15.0 Å². The van der Waals surface area contributed by atoms with Crippen molar-refractivity contribution in [2.45, 2.75) is 6.92 Å². The number of imidazole rings is 1. The molecule has 0 atom stereocenters. The van der Waals surface area contributed by atoms with Gasteiger partial charge in [-0.2, -0.15) is 0 Å². The molecule has 0 fully saturated rings. The molecule has 0 bridgehead atoms. The number of hydrogen-bond donors (Lipinski definition) is 0. The van der Waals surface area contributed by atoms with Crippen molar-refractivity contribution in [3.05, 3.63) is 47.6 Å². The van der Waals surface area contributed by atoms with Crippen molar-refractivity contribution in [2.24, 2.45) is 0 Å². The Bertz CT molecular complexity index is 690. The van der Waals surface area contributed by atoms with Crippen LogP contribution in [0.15, 0.2) is 36.7 Å². The molecule has 0 spiro atoms. The maximum Gasteiger partial charge on any atom is 0.158 e. The zero-order valence-corrected chi connectivity index (χ0v) is 9.89. The molecule has 0 N–H and O–H groups in total. The molecule has 1 aromatic carbocycles. The highest BCUT2D eigenvalue weighted by Crippen LogP contribution is 2.19. The van der Waals surface area contributed by atoms with E-state index in [1.54, 1.807) is 6.20 Å². The number of nitrogens with zero attached hydrogens (tertiary/aromatic N) is 4. The van der Waals surface area contributed by atoms with Crippen molar-refractivity contribution in [1.29, 1.82) is 0 Å². The largest absolute Gasteiger partial charge is 0.279 e. The topological polar surface area (TPSA) is 43.6 Å². The monoisotopic (exact) mass is 244 g/mol. The lowest BCUT2D eigenvalue weighted by Crippen LogP contribution is -2.00. The Labute approximate surface area is 103 Å². The Morgan fingerprint density at radius 3 is 2.76 bits per heavy atom. The molecule has 2 aromatic heterocycles. The zero-order valence-electron chi connectivity index (χ0n) is 9.13. The van der Waals surface area contributed by atoms with E-state index in [-0.39, 0.29) is 0 Å². The van der Waals surface area contributed by atoms with Gasteiger partial charge >= 0.3 is 0 Å². The number of halogens is 1. The number of aromatic nitrogens is 4. The van der Waals surface area contributed by atoms with Crippen LogP contribution in [0, 0.1) is 6.92 Å². The van der Waals surface area contributed by atoms with Gasteiger partial charge in [-0.15, -0.1) is 0 Å². The van der Waals surface area contributed by atoms with Gasteiger partial charge in [0.15, 0.2) is 5.82 Å². The molecule has 0 aliphatic carbocycles. The first kappa shape index (κ1) is 10.2. The molecule has 0 saturated heterocycles. The van der Waals surface area contributed by atoms with E-state index in [4.69, 9.17) is 11.6 Å². The van der Waals surface area contributed by atoms with Crippen LogP contribution in [0.4, 0.5) is 0 Å². The van der Waals surface area contributed by atoms with Gasteiger partial charge in [0.25, 0.3) is 0 Å². The van der Waals surface area contributed by atoms with Gasteiger partial charge in [-0.05, 0) is 19.1 Å². The Morgan fingerprint density at radius 1 is 1.12 bits per heavy atom. The van der Waals surface area contributed by atoms with Crippen molar-refractivity contribution in [3.8, 4) is 5.82 Å². The third-order valence-electron chi connectivity index (χ3n) is 2.55. The standard InChI is InChI=1S/C12H9ClN4/c1-8-15-9-4-2-3-5-10(9)17(8)12-7-14-6-11(13)16-12/h2-7H,1H3. The molecule has 4 nitrogen and oxygen atoms in total. The normalized spacial score (nSPS) is 10.9. The number of benzene rings is 1. The van der Waals surface area contributed by atoms with Crippen molar-refractivity contribution in [2.75, 3.05) is 0 Å². The van der Waals surface area contributed by atoms with Gasteiger partial charge in [-0.1, -0.05) is 23.7 Å². The predicted molar refractivity (Wildman–Crippen MR) is 66.4 cm³/mol. The quantitative estimate of drug-likeness (QED) is 0.661. The minimum atomic E-state index is 0.375. The Kier molecular flexibility index (Phi) is 2.30. The van der Waals surface area contributed by atoms with Crippen LogP contribution < -0.4 is 0 Å². The third kappa shape index (κ3) is 1.66. The van der Waals surface area contributed by atoms with Crippen LogP contribution in [0.3, 0.4) is 0 Å². The molecule has 84 valence electrons. The molecule has 2 heterocycles. The molecule has 0 radical (unpaired) electrons. The summed E-state index contributed by atoms with van der Waals surface area (Å²) in [7, 11) is 0. The fourth-order valence-corrected chi connectivity index (χ4v) is 2.02. The number of para-hydroxylation sites is 2. The Morgan fingerprint density at radius 2 is 1.94 bits per heavy atom. The molecule has 0 amide bonds. The van der Waals surface area contributed by atoms with E-state index in [1.165, 1.54) is 6.20 Å². The van der Waals surface area contributed by atoms with Crippen molar-refractivity contribution in [1.82, 2.24) is 19.5 Å². The summed E-state index contributed by atoms with van der Waals surface area (Å²) in [6.07, 6.45) is 3.19. The van der Waals surface area contributed by atoms with E-state index in [9.17, 15) is 0 Å². The number of hydrogen-bond acceptors (Lipinski definition) is 3. The Hall–Kier alpha value is -1.94. The molecule has 3 rings (SSSR count). The van der Waals surface area contributed by atoms with Crippen LogP contribution in [-0.2, 0) is 0 Å². The lowest BCUT2D eigenvalue weighted by Gasteiger charge is -2.04. The molecule has 17 heavy (non-hydrogen) atoms. The van der Waals surface area contributed by atoms with Gasteiger partial charge in [0.05, 0.1) is 23.4 Å². The summed E-state index contributed by atoms with van der Waals surface area (Å²) in [6.45, 7) is 1.93. The summed E-state index contributed by atoms with van der Waals surface area (Å²) >= 11 is 5.86. The zero-order chi connectivity index (χ0) is 11.8. The summed E-state index contributed by atoms with van der Waals surface area (Å²) in [5.41, 5.74) is 1.94. The lowest BCUT2D eigenvalue weighted by atomic mass is 10.3. The third-order valence-corrected chi connectivity index (χ3v) is 2.73. The summed E-state index contributed by atoms with van der Waals surface area (Å²) in [5.74, 6) is 1.55. The van der Waals surface area contributed by atoms with Crippen LogP contribution in [0.5, 0.6) is 0 Å². The highest BCUT2D eigenvalue weighted by atomic mass is 35.5. The van der Waals surface area contributed by atoms with Crippen LogP contribution in [-0.4, -0.2) is 19.5 Å². The molecule has 0 aliphatic rings. The first-order valence-corrected chi connectivity index (χ1v) is 5.55. The van der Waals surface area contributed by atoms with E-state index < -0.39 is 0 Å². The average Bonchev–Trinajstić information content (AvgIpc) is 2.64. The summed E-state index contributed by atoms with van der Waals surface area (Å²) in [6, 6.07) is 7.90. The van der Waals surface area contributed by atoms with Gasteiger partial charge in [0.2, 0.25) is 0 Å². The minimum absolute atomic E-state index is 0.375. The average molecular weight is 245 g/mol. The first-order chi connectivity index (χ1) is 8.25. The molecule has 3 aromatic rings. The molecule has 0 saturated carbocycles. The molecular formula is C12H9ClN4. The SMILES string of the molecule is Cc1nc2ccccc2n1-c1cncc(Cl)n1.